The summed E-state index contributed by atoms with van der Waals surface area (Å²) in [6.45, 7) is 0. The van der Waals surface area contributed by atoms with Gasteiger partial charge in [0.1, 0.15) is 5.84 Å². The number of hydrogen-bond acceptors (Lipinski definition) is 3. The van der Waals surface area contributed by atoms with Crippen LogP contribution in [0.4, 0.5) is 5.69 Å². The molecule has 1 heterocycles. The lowest BCUT2D eigenvalue weighted by atomic mass is 9.95. The average molecular weight is 316 g/mol. The van der Waals surface area contributed by atoms with Crippen LogP contribution in [0.2, 0.25) is 5.02 Å². The largest absolute Gasteiger partial charge is 0.480 e. The van der Waals surface area contributed by atoms with E-state index in [1.807, 2.05) is 12.1 Å². The van der Waals surface area contributed by atoms with Gasteiger partial charge in [-0.3, -0.25) is 0 Å². The zero-order valence-corrected chi connectivity index (χ0v) is 13.2. The summed E-state index contributed by atoms with van der Waals surface area (Å²) in [4.78, 5) is 9.05. The van der Waals surface area contributed by atoms with Gasteiger partial charge in [-0.15, -0.1) is 0 Å². The Morgan fingerprint density at radius 2 is 1.95 bits per heavy atom. The van der Waals surface area contributed by atoms with Crippen molar-refractivity contribution >= 4 is 23.1 Å². The number of nitrogens with two attached hydrogens (primary N) is 1. The zero-order chi connectivity index (χ0) is 15.5. The van der Waals surface area contributed by atoms with Crippen molar-refractivity contribution in [1.29, 1.82) is 0 Å². The molecule has 2 N–H and O–H groups in total. The number of aliphatic imine (C=N–C) groups is 1. The van der Waals surface area contributed by atoms with Crippen LogP contribution in [0.15, 0.2) is 35.3 Å². The molecule has 0 spiro atoms. The first-order valence-corrected chi connectivity index (χ1v) is 7.72. The van der Waals surface area contributed by atoms with Crippen molar-refractivity contribution < 1.29 is 4.74 Å². The topological polar surface area (TPSA) is 60.5 Å². The van der Waals surface area contributed by atoms with Gasteiger partial charge in [0.25, 0.3) is 0 Å². The third-order valence-corrected chi connectivity index (χ3v) is 4.06. The van der Waals surface area contributed by atoms with Crippen LogP contribution < -0.4 is 10.5 Å². The van der Waals surface area contributed by atoms with Gasteiger partial charge >= 0.3 is 0 Å². The fraction of sp³-hybridized carbons (Fsp3) is 0.294. The van der Waals surface area contributed by atoms with Crippen molar-refractivity contribution in [2.45, 2.75) is 25.7 Å². The van der Waals surface area contributed by atoms with Crippen LogP contribution in [-0.2, 0) is 12.8 Å². The number of hydrogen-bond donors (Lipinski definition) is 1. The Bertz CT molecular complexity index is 711. The number of amidine groups is 1. The highest BCUT2D eigenvalue weighted by Crippen LogP contribution is 2.26. The molecule has 0 aliphatic heterocycles. The van der Waals surface area contributed by atoms with Crippen LogP contribution in [0.1, 0.15) is 29.7 Å². The molecule has 0 saturated carbocycles. The van der Waals surface area contributed by atoms with E-state index in [2.05, 4.69) is 16.0 Å². The number of rotatable bonds is 3. The highest BCUT2D eigenvalue weighted by Gasteiger charge is 2.17. The van der Waals surface area contributed by atoms with Crippen molar-refractivity contribution in [2.75, 3.05) is 7.11 Å². The van der Waals surface area contributed by atoms with Gasteiger partial charge in [-0.1, -0.05) is 11.6 Å². The lowest BCUT2D eigenvalue weighted by Crippen LogP contribution is -2.17. The monoisotopic (exact) mass is 315 g/mol. The molecule has 1 aromatic heterocycles. The minimum Gasteiger partial charge on any atom is -0.480 e. The SMILES string of the molecule is COc1nc2c(cc1C(N)=Nc1ccc(Cl)cc1)CCCC2. The Hall–Kier alpha value is -2.07. The van der Waals surface area contributed by atoms with Gasteiger partial charge in [-0.05, 0) is 61.6 Å². The van der Waals surface area contributed by atoms with Crippen molar-refractivity contribution in [3.63, 3.8) is 0 Å². The zero-order valence-electron chi connectivity index (χ0n) is 12.5. The Kier molecular flexibility index (Phi) is 4.29. The number of methoxy groups -OCH3 is 1. The van der Waals surface area contributed by atoms with Gasteiger partial charge in [0.2, 0.25) is 5.88 Å². The number of nitrogens with zero attached hydrogens (tertiary/aromatic N) is 2. The first-order valence-electron chi connectivity index (χ1n) is 7.34. The van der Waals surface area contributed by atoms with Gasteiger partial charge in [-0.25, -0.2) is 9.98 Å². The standard InChI is InChI=1S/C17H18ClN3O/c1-22-17-14(10-11-4-2-3-5-15(11)21-17)16(19)20-13-8-6-12(18)7-9-13/h6-10H,2-5H2,1H3,(H2,19,20). The summed E-state index contributed by atoms with van der Waals surface area (Å²) in [5.41, 5.74) is 10.0. The summed E-state index contributed by atoms with van der Waals surface area (Å²) in [5, 5.41) is 0.672. The number of aryl methyl sites for hydroxylation is 2. The fourth-order valence-electron chi connectivity index (χ4n) is 2.67. The third kappa shape index (κ3) is 3.07. The predicted molar refractivity (Wildman–Crippen MR) is 89.3 cm³/mol. The normalized spacial score (nSPS) is 14.5. The van der Waals surface area contributed by atoms with E-state index in [9.17, 15) is 0 Å². The van der Waals surface area contributed by atoms with Crippen molar-refractivity contribution in [1.82, 2.24) is 4.98 Å². The quantitative estimate of drug-likeness (QED) is 0.694. The molecular weight excluding hydrogens is 298 g/mol. The fourth-order valence-corrected chi connectivity index (χ4v) is 2.79. The molecule has 0 fully saturated rings. The number of benzene rings is 1. The summed E-state index contributed by atoms with van der Waals surface area (Å²) < 4.78 is 5.40. The van der Waals surface area contributed by atoms with E-state index in [0.29, 0.717) is 16.7 Å². The van der Waals surface area contributed by atoms with Crippen LogP contribution in [0.25, 0.3) is 0 Å². The van der Waals surface area contributed by atoms with E-state index in [-0.39, 0.29) is 0 Å². The molecule has 4 nitrogen and oxygen atoms in total. The highest BCUT2D eigenvalue weighted by atomic mass is 35.5. The second kappa shape index (κ2) is 6.36. The molecule has 5 heteroatoms. The second-order valence-corrected chi connectivity index (χ2v) is 5.77. The maximum atomic E-state index is 6.17. The summed E-state index contributed by atoms with van der Waals surface area (Å²) in [6, 6.07) is 9.29. The predicted octanol–water partition coefficient (Wildman–Crippen LogP) is 3.66. The van der Waals surface area contributed by atoms with Gasteiger partial charge in [-0.2, -0.15) is 0 Å². The van der Waals surface area contributed by atoms with Crippen molar-refractivity contribution in [2.24, 2.45) is 10.7 Å². The van der Waals surface area contributed by atoms with E-state index in [4.69, 9.17) is 22.1 Å². The maximum absolute atomic E-state index is 6.17. The number of ether oxygens (including phenoxy) is 1. The minimum absolute atomic E-state index is 0.403. The molecular formula is C17H18ClN3O. The Balaban J connectivity index is 2.00. The number of fused-ring (bicyclic) bond motifs is 1. The van der Waals surface area contributed by atoms with Crippen molar-refractivity contribution in [3.05, 3.63) is 52.2 Å². The number of pyridine rings is 1. The van der Waals surface area contributed by atoms with E-state index in [1.165, 1.54) is 18.4 Å². The molecule has 0 bridgehead atoms. The van der Waals surface area contributed by atoms with Crippen LogP contribution in [0.5, 0.6) is 5.88 Å². The van der Waals surface area contributed by atoms with Gasteiger partial charge in [0.05, 0.1) is 18.4 Å². The molecule has 0 unspecified atom stereocenters. The van der Waals surface area contributed by atoms with E-state index >= 15 is 0 Å². The second-order valence-electron chi connectivity index (χ2n) is 5.33. The highest BCUT2D eigenvalue weighted by molar-refractivity contribution is 6.30. The Morgan fingerprint density at radius 3 is 2.68 bits per heavy atom. The molecule has 1 aliphatic carbocycles. The molecule has 1 aromatic carbocycles. The molecule has 114 valence electrons. The van der Waals surface area contributed by atoms with Crippen LogP contribution in [0, 0.1) is 0 Å². The Labute approximate surface area is 135 Å². The molecule has 0 amide bonds. The molecule has 22 heavy (non-hydrogen) atoms. The van der Waals surface area contributed by atoms with Gasteiger partial charge < -0.3 is 10.5 Å². The molecule has 0 atom stereocenters. The lowest BCUT2D eigenvalue weighted by molar-refractivity contribution is 0.394. The van der Waals surface area contributed by atoms with Crippen LogP contribution >= 0.6 is 11.6 Å². The lowest BCUT2D eigenvalue weighted by Gasteiger charge is -2.17. The number of halogens is 1. The average Bonchev–Trinajstić information content (AvgIpc) is 2.55. The van der Waals surface area contributed by atoms with E-state index < -0.39 is 0 Å². The summed E-state index contributed by atoms with van der Waals surface area (Å²) in [7, 11) is 1.61. The van der Waals surface area contributed by atoms with Gasteiger partial charge in [0.15, 0.2) is 0 Å². The van der Waals surface area contributed by atoms with Crippen molar-refractivity contribution in [3.8, 4) is 5.88 Å². The summed E-state index contributed by atoms with van der Waals surface area (Å²) >= 11 is 5.88. The summed E-state index contributed by atoms with van der Waals surface area (Å²) in [5.74, 6) is 0.941. The maximum Gasteiger partial charge on any atom is 0.224 e. The summed E-state index contributed by atoms with van der Waals surface area (Å²) in [6.07, 6.45) is 4.40. The van der Waals surface area contributed by atoms with E-state index in [0.717, 1.165) is 29.8 Å². The number of aromatic nitrogens is 1. The minimum atomic E-state index is 0.403. The van der Waals surface area contributed by atoms with Gasteiger partial charge in [0, 0.05) is 10.7 Å². The molecule has 2 aromatic rings. The Morgan fingerprint density at radius 1 is 1.23 bits per heavy atom. The third-order valence-electron chi connectivity index (χ3n) is 3.81. The molecule has 0 radical (unpaired) electrons. The van der Waals surface area contributed by atoms with E-state index in [1.54, 1.807) is 19.2 Å². The molecule has 0 saturated heterocycles. The molecule has 3 rings (SSSR count). The molecule has 1 aliphatic rings. The van der Waals surface area contributed by atoms with Crippen LogP contribution in [0.3, 0.4) is 0 Å². The first-order chi connectivity index (χ1) is 10.7. The smallest absolute Gasteiger partial charge is 0.224 e. The van der Waals surface area contributed by atoms with Crippen LogP contribution in [-0.4, -0.2) is 17.9 Å². The first kappa shape index (κ1) is 14.9.